The first kappa shape index (κ1) is 13.1. The Morgan fingerprint density at radius 3 is 2.59 bits per heavy atom. The molecule has 0 saturated heterocycles. The summed E-state index contributed by atoms with van der Waals surface area (Å²) in [5, 5.41) is 19.7. The van der Waals surface area contributed by atoms with Gasteiger partial charge in [0, 0.05) is 5.92 Å². The first-order valence-corrected chi connectivity index (χ1v) is 7.52. The third-order valence-corrected chi connectivity index (χ3v) is 5.02. The zero-order valence-corrected chi connectivity index (χ0v) is 12.0. The maximum Gasteiger partial charge on any atom is 0.277 e. The number of nitrogens with zero attached hydrogens (tertiary/aromatic N) is 2. The van der Waals surface area contributed by atoms with Crippen molar-refractivity contribution in [3.05, 3.63) is 64.2 Å². The van der Waals surface area contributed by atoms with Crippen molar-refractivity contribution in [2.45, 2.75) is 25.2 Å². The van der Waals surface area contributed by atoms with Crippen LogP contribution in [0.2, 0.25) is 0 Å². The minimum Gasteiger partial charge on any atom is -0.504 e. The van der Waals surface area contributed by atoms with Crippen molar-refractivity contribution in [2.75, 3.05) is 0 Å². The number of benzene rings is 2. The molecule has 2 aromatic carbocycles. The number of aryl methyl sites for hydroxylation is 1. The summed E-state index contributed by atoms with van der Waals surface area (Å²) in [6, 6.07) is 11.6. The molecule has 0 aromatic heterocycles. The van der Waals surface area contributed by atoms with E-state index in [1.54, 1.807) is 12.1 Å². The van der Waals surface area contributed by atoms with Crippen LogP contribution in [0.1, 0.15) is 34.6 Å². The summed E-state index contributed by atoms with van der Waals surface area (Å²) in [6.07, 6.45) is 2.42. The van der Waals surface area contributed by atoms with Crippen molar-refractivity contribution in [3.8, 4) is 11.5 Å². The van der Waals surface area contributed by atoms with Gasteiger partial charge in [-0.2, -0.15) is 4.79 Å². The predicted molar refractivity (Wildman–Crippen MR) is 82.2 cm³/mol. The van der Waals surface area contributed by atoms with Gasteiger partial charge >= 0.3 is 0 Å². The van der Waals surface area contributed by atoms with Gasteiger partial charge in [-0.1, -0.05) is 24.3 Å². The Morgan fingerprint density at radius 2 is 1.77 bits per heavy atom. The third-order valence-electron chi connectivity index (χ3n) is 5.02. The molecule has 0 saturated carbocycles. The van der Waals surface area contributed by atoms with Gasteiger partial charge in [0.1, 0.15) is 0 Å². The van der Waals surface area contributed by atoms with Crippen LogP contribution in [0.3, 0.4) is 0 Å². The number of rotatable bonds is 0. The highest BCUT2D eigenvalue weighted by molar-refractivity contribution is 5.88. The van der Waals surface area contributed by atoms with Crippen molar-refractivity contribution in [1.29, 1.82) is 0 Å². The van der Waals surface area contributed by atoms with Crippen LogP contribution in [0.15, 0.2) is 36.4 Å². The van der Waals surface area contributed by atoms with Crippen LogP contribution in [0, 0.1) is 5.92 Å². The lowest BCUT2D eigenvalue weighted by Crippen LogP contribution is -2.34. The van der Waals surface area contributed by atoms with Gasteiger partial charge in [-0.3, -0.25) is 0 Å². The summed E-state index contributed by atoms with van der Waals surface area (Å²) in [6.45, 7) is 0. The van der Waals surface area contributed by atoms with Crippen molar-refractivity contribution >= 4 is 5.71 Å². The van der Waals surface area contributed by atoms with Gasteiger partial charge in [0.2, 0.25) is 0 Å². The average molecular weight is 292 g/mol. The average Bonchev–Trinajstić information content (AvgIpc) is 2.55. The second-order valence-electron chi connectivity index (χ2n) is 6.13. The Hall–Kier alpha value is -2.58. The first-order chi connectivity index (χ1) is 10.7. The van der Waals surface area contributed by atoms with Crippen LogP contribution in [0.25, 0.3) is 5.53 Å². The molecule has 0 radical (unpaired) electrons. The van der Waals surface area contributed by atoms with Gasteiger partial charge < -0.3 is 15.7 Å². The molecule has 0 aliphatic heterocycles. The van der Waals surface area contributed by atoms with E-state index in [-0.39, 0.29) is 23.3 Å². The van der Waals surface area contributed by atoms with E-state index in [0.717, 1.165) is 29.7 Å². The Bertz CT molecular complexity index is 822. The fraction of sp³-hybridized carbons (Fsp3) is 0.278. The lowest BCUT2D eigenvalue weighted by molar-refractivity contribution is -0.0175. The number of aromatic hydroxyl groups is 2. The molecular formula is C18H16N2O2. The number of hydrogen-bond donors (Lipinski definition) is 2. The molecule has 2 N–H and O–H groups in total. The SMILES string of the molecule is [N-]=[N+]=C1Cc2cc(O)c(O)cc2[C@H]2c3ccccc3CC[C@H]12. The molecule has 0 heterocycles. The van der Waals surface area contributed by atoms with Crippen molar-refractivity contribution in [2.24, 2.45) is 5.92 Å². The van der Waals surface area contributed by atoms with E-state index in [4.69, 9.17) is 0 Å². The second-order valence-corrected chi connectivity index (χ2v) is 6.13. The van der Waals surface area contributed by atoms with Crippen LogP contribution in [-0.4, -0.2) is 20.7 Å². The minimum absolute atomic E-state index is 0.0751. The molecule has 2 atom stereocenters. The monoisotopic (exact) mass is 292 g/mol. The Morgan fingerprint density at radius 1 is 1.00 bits per heavy atom. The lowest BCUT2D eigenvalue weighted by Gasteiger charge is -2.36. The van der Waals surface area contributed by atoms with Crippen LogP contribution < -0.4 is 0 Å². The van der Waals surface area contributed by atoms with Crippen LogP contribution in [0.4, 0.5) is 0 Å². The Balaban J connectivity index is 1.99. The minimum atomic E-state index is -0.126. The van der Waals surface area contributed by atoms with Crippen molar-refractivity contribution < 1.29 is 15.0 Å². The highest BCUT2D eigenvalue weighted by Gasteiger charge is 2.43. The molecule has 0 unspecified atom stereocenters. The summed E-state index contributed by atoms with van der Waals surface area (Å²) < 4.78 is 0. The number of phenolic OH excluding ortho intramolecular Hbond substituents is 2. The van der Waals surface area contributed by atoms with E-state index < -0.39 is 0 Å². The summed E-state index contributed by atoms with van der Waals surface area (Å²) in [4.78, 5) is 3.53. The van der Waals surface area contributed by atoms with Crippen LogP contribution in [0.5, 0.6) is 11.5 Å². The fourth-order valence-corrected chi connectivity index (χ4v) is 4.02. The smallest absolute Gasteiger partial charge is 0.277 e. The topological polar surface area (TPSA) is 76.9 Å². The molecule has 0 amide bonds. The standard InChI is InChI=1S/C18H16N2O2/c19-20-15-7-11-8-16(21)17(22)9-14(11)18-12-4-2-1-3-10(12)5-6-13(15)18/h1-4,8-9,13,18,21-22H,5-7H2/t13-,18+/m1/s1. The molecule has 4 heteroatoms. The van der Waals surface area contributed by atoms with Gasteiger partial charge in [0.25, 0.3) is 5.71 Å². The molecule has 2 aromatic rings. The largest absolute Gasteiger partial charge is 0.504 e. The first-order valence-electron chi connectivity index (χ1n) is 7.52. The number of fused-ring (bicyclic) bond motifs is 5. The van der Waals surface area contributed by atoms with E-state index in [9.17, 15) is 15.7 Å². The summed E-state index contributed by atoms with van der Waals surface area (Å²) in [5.74, 6) is 0.00553. The molecule has 0 fully saturated rings. The van der Waals surface area contributed by atoms with Crippen molar-refractivity contribution in [3.63, 3.8) is 0 Å². The molecule has 4 rings (SSSR count). The van der Waals surface area contributed by atoms with Crippen LogP contribution in [-0.2, 0) is 12.8 Å². The molecular weight excluding hydrogens is 276 g/mol. The Kier molecular flexibility index (Phi) is 2.81. The van der Waals surface area contributed by atoms with Crippen LogP contribution >= 0.6 is 0 Å². The van der Waals surface area contributed by atoms with Gasteiger partial charge in [-0.05, 0) is 47.2 Å². The van der Waals surface area contributed by atoms with E-state index in [1.807, 2.05) is 12.1 Å². The lowest BCUT2D eigenvalue weighted by atomic mass is 9.65. The highest BCUT2D eigenvalue weighted by atomic mass is 16.3. The molecule has 2 aliphatic rings. The predicted octanol–water partition coefficient (Wildman–Crippen LogP) is 3.02. The molecule has 22 heavy (non-hydrogen) atoms. The summed E-state index contributed by atoms with van der Waals surface area (Å²) >= 11 is 0. The number of phenols is 2. The van der Waals surface area contributed by atoms with E-state index in [1.165, 1.54) is 11.1 Å². The maximum atomic E-state index is 9.91. The van der Waals surface area contributed by atoms with Crippen molar-refractivity contribution in [1.82, 2.24) is 0 Å². The zero-order valence-electron chi connectivity index (χ0n) is 12.0. The maximum absolute atomic E-state index is 9.91. The van der Waals surface area contributed by atoms with Gasteiger partial charge in [0.05, 0.1) is 12.3 Å². The van der Waals surface area contributed by atoms with Gasteiger partial charge in [-0.15, -0.1) is 0 Å². The third kappa shape index (κ3) is 1.78. The molecule has 0 spiro atoms. The van der Waals surface area contributed by atoms with E-state index >= 15 is 0 Å². The number of hydrogen-bond acceptors (Lipinski definition) is 2. The molecule has 4 nitrogen and oxygen atoms in total. The summed E-state index contributed by atoms with van der Waals surface area (Å²) in [7, 11) is 0. The second kappa shape index (κ2) is 4.72. The molecule has 110 valence electrons. The highest BCUT2D eigenvalue weighted by Crippen LogP contribution is 2.47. The molecule has 2 aliphatic carbocycles. The Labute approximate surface area is 128 Å². The van der Waals surface area contributed by atoms with Gasteiger partial charge in [0.15, 0.2) is 11.5 Å². The fourth-order valence-electron chi connectivity index (χ4n) is 4.02. The molecule has 0 bridgehead atoms. The van der Waals surface area contributed by atoms with E-state index in [2.05, 4.69) is 16.9 Å². The quantitative estimate of drug-likeness (QED) is 0.445. The zero-order chi connectivity index (χ0) is 15.3. The normalized spacial score (nSPS) is 22.3. The van der Waals surface area contributed by atoms with E-state index in [0.29, 0.717) is 6.42 Å². The van der Waals surface area contributed by atoms with Gasteiger partial charge in [-0.25, -0.2) is 0 Å². The summed E-state index contributed by atoms with van der Waals surface area (Å²) in [5.41, 5.74) is 14.6.